The molecule has 29 heavy (non-hydrogen) atoms. The van der Waals surface area contributed by atoms with Gasteiger partial charge in [0.05, 0.1) is 4.90 Å². The van der Waals surface area contributed by atoms with Gasteiger partial charge in [-0.05, 0) is 55.5 Å². The molecule has 3 rings (SSSR count). The Morgan fingerprint density at radius 1 is 1.03 bits per heavy atom. The molecule has 0 saturated heterocycles. The van der Waals surface area contributed by atoms with E-state index in [9.17, 15) is 16.8 Å². The third-order valence-electron chi connectivity index (χ3n) is 4.49. The zero-order chi connectivity index (χ0) is 21.2. The number of aryl methyl sites for hydroxylation is 1. The van der Waals surface area contributed by atoms with E-state index in [-0.39, 0.29) is 23.4 Å². The SMILES string of the molecule is Cc1cc(OCC(ON)C2CC2)cc(OS(=O)(=O)c2ccccc2S(C)(=O)=O)c1. The predicted octanol–water partition coefficient (Wildman–Crippen LogP) is 2.21. The maximum Gasteiger partial charge on any atom is 0.340 e. The molecule has 2 N–H and O–H groups in total. The summed E-state index contributed by atoms with van der Waals surface area (Å²) in [5.41, 5.74) is 0.709. The summed E-state index contributed by atoms with van der Waals surface area (Å²) in [7, 11) is -8.14. The summed E-state index contributed by atoms with van der Waals surface area (Å²) in [5, 5.41) is 0. The van der Waals surface area contributed by atoms with Crippen LogP contribution in [0.1, 0.15) is 18.4 Å². The van der Waals surface area contributed by atoms with Gasteiger partial charge in [0.15, 0.2) is 9.84 Å². The molecule has 0 bridgehead atoms. The molecule has 0 radical (unpaired) electrons. The molecular weight excluding hydrogens is 418 g/mol. The number of sulfone groups is 1. The Morgan fingerprint density at radius 2 is 1.66 bits per heavy atom. The molecule has 0 amide bonds. The predicted molar refractivity (Wildman–Crippen MR) is 106 cm³/mol. The summed E-state index contributed by atoms with van der Waals surface area (Å²) in [6, 6.07) is 9.97. The van der Waals surface area contributed by atoms with Crippen LogP contribution in [0.4, 0.5) is 0 Å². The average Bonchev–Trinajstić information content (AvgIpc) is 3.46. The van der Waals surface area contributed by atoms with Crippen LogP contribution in [-0.2, 0) is 24.8 Å². The van der Waals surface area contributed by atoms with Crippen molar-refractivity contribution in [2.24, 2.45) is 11.8 Å². The number of hydrogen-bond acceptors (Lipinski definition) is 8. The molecule has 8 nitrogen and oxygen atoms in total. The van der Waals surface area contributed by atoms with Crippen molar-refractivity contribution in [1.82, 2.24) is 0 Å². The van der Waals surface area contributed by atoms with E-state index in [1.807, 2.05) is 0 Å². The smallest absolute Gasteiger partial charge is 0.340 e. The van der Waals surface area contributed by atoms with Crippen LogP contribution < -0.4 is 14.8 Å². The van der Waals surface area contributed by atoms with Gasteiger partial charge < -0.3 is 8.92 Å². The lowest BCUT2D eigenvalue weighted by Gasteiger charge is -2.16. The Hall–Kier alpha value is -2.14. The Labute approximate surface area is 170 Å². The van der Waals surface area contributed by atoms with Crippen molar-refractivity contribution in [2.75, 3.05) is 12.9 Å². The summed E-state index contributed by atoms with van der Waals surface area (Å²) < 4.78 is 60.3. The van der Waals surface area contributed by atoms with Gasteiger partial charge in [0, 0.05) is 12.3 Å². The highest BCUT2D eigenvalue weighted by atomic mass is 32.2. The first-order valence-electron chi connectivity index (χ1n) is 8.94. The lowest BCUT2D eigenvalue weighted by atomic mass is 10.2. The van der Waals surface area contributed by atoms with Crippen LogP contribution in [0, 0.1) is 12.8 Å². The molecular formula is C19H23NO7S2. The molecule has 10 heteroatoms. The second kappa shape index (κ2) is 8.31. The van der Waals surface area contributed by atoms with Gasteiger partial charge in [-0.1, -0.05) is 12.1 Å². The summed E-state index contributed by atoms with van der Waals surface area (Å²) in [6.45, 7) is 1.99. The molecule has 2 aromatic rings. The summed E-state index contributed by atoms with van der Waals surface area (Å²) in [5.74, 6) is 6.08. The molecule has 1 saturated carbocycles. The average molecular weight is 442 g/mol. The van der Waals surface area contributed by atoms with Crippen molar-refractivity contribution >= 4 is 20.0 Å². The fraction of sp³-hybridized carbons (Fsp3) is 0.368. The molecule has 1 aliphatic carbocycles. The molecule has 1 unspecified atom stereocenters. The van der Waals surface area contributed by atoms with E-state index < -0.39 is 24.9 Å². The lowest BCUT2D eigenvalue weighted by molar-refractivity contribution is 0.00554. The third-order valence-corrected chi connectivity index (χ3v) is 7.08. The number of rotatable bonds is 9. The number of nitrogens with two attached hydrogens (primary N) is 1. The maximum absolute atomic E-state index is 12.7. The lowest BCUT2D eigenvalue weighted by Crippen LogP contribution is -2.27. The molecule has 0 heterocycles. The van der Waals surface area contributed by atoms with E-state index >= 15 is 0 Å². The van der Waals surface area contributed by atoms with Gasteiger partial charge in [0.25, 0.3) is 0 Å². The van der Waals surface area contributed by atoms with Crippen LogP contribution in [0.25, 0.3) is 0 Å². The molecule has 0 aliphatic heterocycles. The molecule has 1 fully saturated rings. The standard InChI is InChI=1S/C19H23NO7S2/c1-13-9-15(25-12-17(26-20)14-7-8-14)11-16(10-13)27-29(23,24)19-6-4-3-5-18(19)28(2,21)22/h3-6,9-11,14,17H,7-8,12,20H2,1-2H3. The van der Waals surface area contributed by atoms with Gasteiger partial charge in [-0.2, -0.15) is 8.42 Å². The Morgan fingerprint density at radius 3 is 2.24 bits per heavy atom. The molecule has 0 spiro atoms. The first kappa shape index (κ1) is 21.6. The van der Waals surface area contributed by atoms with Crippen LogP contribution >= 0.6 is 0 Å². The molecule has 158 valence electrons. The van der Waals surface area contributed by atoms with Crippen molar-refractivity contribution in [3.8, 4) is 11.5 Å². The minimum atomic E-state index is -4.38. The van der Waals surface area contributed by atoms with Gasteiger partial charge in [-0.25, -0.2) is 14.3 Å². The summed E-state index contributed by atoms with van der Waals surface area (Å²) in [6.07, 6.45) is 2.78. The second-order valence-corrected chi connectivity index (χ2v) is 10.6. The van der Waals surface area contributed by atoms with Crippen molar-refractivity contribution in [3.05, 3.63) is 48.0 Å². The third kappa shape index (κ3) is 5.47. The van der Waals surface area contributed by atoms with Crippen molar-refractivity contribution in [2.45, 2.75) is 35.7 Å². The van der Waals surface area contributed by atoms with Gasteiger partial charge in [-0.3, -0.25) is 4.84 Å². The zero-order valence-corrected chi connectivity index (χ0v) is 17.7. The minimum Gasteiger partial charge on any atom is -0.491 e. The molecule has 0 aromatic heterocycles. The quantitative estimate of drug-likeness (QED) is 0.464. The first-order valence-corrected chi connectivity index (χ1v) is 12.2. The Balaban J connectivity index is 1.83. The van der Waals surface area contributed by atoms with Crippen molar-refractivity contribution in [3.63, 3.8) is 0 Å². The summed E-state index contributed by atoms with van der Waals surface area (Å²) >= 11 is 0. The van der Waals surface area contributed by atoms with Crippen LogP contribution in [0.15, 0.2) is 52.3 Å². The van der Waals surface area contributed by atoms with E-state index in [4.69, 9.17) is 19.7 Å². The van der Waals surface area contributed by atoms with Crippen LogP contribution in [0.3, 0.4) is 0 Å². The van der Waals surface area contributed by atoms with Crippen LogP contribution in [0.5, 0.6) is 11.5 Å². The normalized spacial score (nSPS) is 15.7. The van der Waals surface area contributed by atoms with Gasteiger partial charge in [-0.15, -0.1) is 0 Å². The fourth-order valence-corrected chi connectivity index (χ4v) is 5.43. The Kier molecular flexibility index (Phi) is 6.18. The number of hydrogen-bond donors (Lipinski definition) is 1. The van der Waals surface area contributed by atoms with E-state index in [0.717, 1.165) is 19.1 Å². The molecule has 1 aliphatic rings. The molecule has 2 aromatic carbocycles. The highest BCUT2D eigenvalue weighted by Crippen LogP contribution is 2.34. The fourth-order valence-electron chi connectivity index (χ4n) is 2.91. The maximum atomic E-state index is 12.7. The van der Waals surface area contributed by atoms with Gasteiger partial charge >= 0.3 is 10.1 Å². The van der Waals surface area contributed by atoms with E-state index in [0.29, 0.717) is 17.2 Å². The zero-order valence-electron chi connectivity index (χ0n) is 16.1. The topological polar surface area (TPSA) is 122 Å². The number of benzene rings is 2. The van der Waals surface area contributed by atoms with Gasteiger partial charge in [0.1, 0.15) is 29.1 Å². The highest BCUT2D eigenvalue weighted by molar-refractivity contribution is 7.92. The van der Waals surface area contributed by atoms with Crippen LogP contribution in [-0.4, -0.2) is 35.8 Å². The monoisotopic (exact) mass is 441 g/mol. The van der Waals surface area contributed by atoms with Crippen molar-refractivity contribution < 1.29 is 30.6 Å². The summed E-state index contributed by atoms with van der Waals surface area (Å²) in [4.78, 5) is 4.19. The Bertz CT molecular complexity index is 1090. The molecule has 1 atom stereocenters. The first-order chi connectivity index (χ1) is 13.6. The van der Waals surface area contributed by atoms with E-state index in [1.54, 1.807) is 13.0 Å². The largest absolute Gasteiger partial charge is 0.491 e. The van der Waals surface area contributed by atoms with E-state index in [1.165, 1.54) is 36.4 Å². The van der Waals surface area contributed by atoms with E-state index in [2.05, 4.69) is 0 Å². The van der Waals surface area contributed by atoms with Crippen LogP contribution in [0.2, 0.25) is 0 Å². The highest BCUT2D eigenvalue weighted by Gasteiger charge is 2.32. The van der Waals surface area contributed by atoms with Gasteiger partial charge in [0.2, 0.25) is 0 Å². The number of ether oxygens (including phenoxy) is 1. The minimum absolute atomic E-state index is 0.0138. The second-order valence-electron chi connectivity index (χ2n) is 7.06. The van der Waals surface area contributed by atoms with Crippen molar-refractivity contribution in [1.29, 1.82) is 0 Å².